The summed E-state index contributed by atoms with van der Waals surface area (Å²) in [5.41, 5.74) is 5.90. The first kappa shape index (κ1) is 14.4. The van der Waals surface area contributed by atoms with E-state index < -0.39 is 24.3 Å². The van der Waals surface area contributed by atoms with E-state index >= 15 is 0 Å². The smallest absolute Gasteiger partial charge is 0.387 e. The molecule has 0 spiro atoms. The van der Waals surface area contributed by atoms with Crippen LogP contribution < -0.4 is 15.8 Å². The zero-order chi connectivity index (χ0) is 13.7. The van der Waals surface area contributed by atoms with E-state index in [2.05, 4.69) is 10.1 Å². The Balaban J connectivity index is 2.77. The summed E-state index contributed by atoms with van der Waals surface area (Å²) >= 11 is 0. The second-order valence-corrected chi connectivity index (χ2v) is 3.81. The van der Waals surface area contributed by atoms with E-state index in [4.69, 9.17) is 10.8 Å². The fourth-order valence-electron chi connectivity index (χ4n) is 1.32. The molecule has 102 valence electrons. The van der Waals surface area contributed by atoms with Crippen LogP contribution in [0.5, 0.6) is 5.75 Å². The molecule has 0 saturated heterocycles. The van der Waals surface area contributed by atoms with Crippen molar-refractivity contribution in [2.24, 2.45) is 0 Å². The van der Waals surface area contributed by atoms with Crippen LogP contribution in [0.1, 0.15) is 13.3 Å². The number of hydrogen-bond acceptors (Lipinski definition) is 4. The molecule has 0 radical (unpaired) electrons. The minimum Gasteiger partial charge on any atom is -0.432 e. The molecule has 1 rings (SSSR count). The van der Waals surface area contributed by atoms with Gasteiger partial charge in [-0.05, 0) is 13.3 Å². The van der Waals surface area contributed by atoms with Crippen LogP contribution in [0, 0.1) is 5.82 Å². The normalized spacial score (nSPS) is 12.6. The number of hydrogen-bond donors (Lipinski definition) is 3. The fraction of sp³-hybridized carbons (Fsp3) is 0.455. The molecule has 1 atom stereocenters. The first-order valence-corrected chi connectivity index (χ1v) is 5.36. The Morgan fingerprint density at radius 2 is 2.11 bits per heavy atom. The summed E-state index contributed by atoms with van der Waals surface area (Å²) in [6.45, 7) is -1.11. The SMILES string of the molecule is CC(O)CCNc1cc(OC(F)F)c(F)cc1N. The van der Waals surface area contributed by atoms with Gasteiger partial charge in [0.2, 0.25) is 0 Å². The molecule has 0 heterocycles. The van der Waals surface area contributed by atoms with Gasteiger partial charge in [0.1, 0.15) is 0 Å². The maximum Gasteiger partial charge on any atom is 0.387 e. The maximum absolute atomic E-state index is 13.2. The minimum absolute atomic E-state index is 0.0831. The second-order valence-electron chi connectivity index (χ2n) is 3.81. The Morgan fingerprint density at radius 1 is 1.44 bits per heavy atom. The quantitative estimate of drug-likeness (QED) is 0.689. The van der Waals surface area contributed by atoms with Gasteiger partial charge in [-0.1, -0.05) is 0 Å². The molecular weight excluding hydrogens is 249 g/mol. The van der Waals surface area contributed by atoms with Gasteiger partial charge in [0.25, 0.3) is 0 Å². The number of ether oxygens (including phenoxy) is 1. The number of alkyl halides is 2. The summed E-state index contributed by atoms with van der Waals surface area (Å²) in [5, 5.41) is 11.9. The Morgan fingerprint density at radius 3 is 2.67 bits per heavy atom. The first-order chi connectivity index (χ1) is 8.40. The fourth-order valence-corrected chi connectivity index (χ4v) is 1.32. The average Bonchev–Trinajstić information content (AvgIpc) is 2.23. The molecule has 0 aliphatic carbocycles. The van der Waals surface area contributed by atoms with E-state index in [1.807, 2.05) is 0 Å². The van der Waals surface area contributed by atoms with Crippen molar-refractivity contribution in [3.05, 3.63) is 17.9 Å². The molecule has 18 heavy (non-hydrogen) atoms. The van der Waals surface area contributed by atoms with Crippen LogP contribution in [0.2, 0.25) is 0 Å². The van der Waals surface area contributed by atoms with Crippen molar-refractivity contribution < 1.29 is 23.0 Å². The molecular formula is C11H15F3N2O2. The topological polar surface area (TPSA) is 67.5 Å². The van der Waals surface area contributed by atoms with Gasteiger partial charge in [-0.3, -0.25) is 0 Å². The van der Waals surface area contributed by atoms with Crippen LogP contribution in [0.25, 0.3) is 0 Å². The van der Waals surface area contributed by atoms with Gasteiger partial charge < -0.3 is 20.9 Å². The third-order valence-electron chi connectivity index (χ3n) is 2.20. The lowest BCUT2D eigenvalue weighted by Crippen LogP contribution is -2.12. The maximum atomic E-state index is 13.2. The summed E-state index contributed by atoms with van der Waals surface area (Å²) in [4.78, 5) is 0. The number of halogens is 3. The zero-order valence-corrected chi connectivity index (χ0v) is 9.79. The molecule has 0 aliphatic rings. The van der Waals surface area contributed by atoms with E-state index in [-0.39, 0.29) is 11.4 Å². The van der Waals surface area contributed by atoms with Crippen molar-refractivity contribution in [3.8, 4) is 5.75 Å². The third-order valence-corrected chi connectivity index (χ3v) is 2.20. The highest BCUT2D eigenvalue weighted by Gasteiger charge is 2.13. The largest absolute Gasteiger partial charge is 0.432 e. The van der Waals surface area contributed by atoms with Crippen LogP contribution in [0.3, 0.4) is 0 Å². The number of benzene rings is 1. The van der Waals surface area contributed by atoms with Crippen LogP contribution in [-0.2, 0) is 0 Å². The van der Waals surface area contributed by atoms with Gasteiger partial charge in [0, 0.05) is 18.7 Å². The minimum atomic E-state index is -3.10. The highest BCUT2D eigenvalue weighted by atomic mass is 19.3. The number of nitrogen functional groups attached to an aromatic ring is 1. The molecule has 1 aromatic rings. The van der Waals surface area contributed by atoms with Crippen LogP contribution in [-0.4, -0.2) is 24.4 Å². The Hall–Kier alpha value is -1.63. The summed E-state index contributed by atoms with van der Waals surface area (Å²) < 4.78 is 41.3. The van der Waals surface area contributed by atoms with Gasteiger partial charge in [-0.15, -0.1) is 0 Å². The van der Waals surface area contributed by atoms with Crippen molar-refractivity contribution in [2.45, 2.75) is 26.1 Å². The number of nitrogens with two attached hydrogens (primary N) is 1. The lowest BCUT2D eigenvalue weighted by Gasteiger charge is -2.13. The highest BCUT2D eigenvalue weighted by molar-refractivity contribution is 5.68. The van der Waals surface area contributed by atoms with Gasteiger partial charge >= 0.3 is 6.61 Å². The summed E-state index contributed by atoms with van der Waals surface area (Å²) in [5.74, 6) is -1.52. The number of aliphatic hydroxyl groups excluding tert-OH is 1. The summed E-state index contributed by atoms with van der Waals surface area (Å²) in [6.07, 6.45) is -0.0575. The van der Waals surface area contributed by atoms with Crippen LogP contribution in [0.4, 0.5) is 24.5 Å². The van der Waals surface area contributed by atoms with E-state index in [1.54, 1.807) is 6.92 Å². The molecule has 1 unspecified atom stereocenters. The van der Waals surface area contributed by atoms with E-state index in [9.17, 15) is 13.2 Å². The predicted octanol–water partition coefficient (Wildman–Crippen LogP) is 2.19. The summed E-state index contributed by atoms with van der Waals surface area (Å²) in [6, 6.07) is 1.97. The summed E-state index contributed by atoms with van der Waals surface area (Å²) in [7, 11) is 0. The lowest BCUT2D eigenvalue weighted by atomic mass is 10.2. The number of anilines is 2. The van der Waals surface area contributed by atoms with Crippen molar-refractivity contribution in [1.29, 1.82) is 0 Å². The molecule has 0 aromatic heterocycles. The molecule has 7 heteroatoms. The van der Waals surface area contributed by atoms with E-state index in [0.717, 1.165) is 12.1 Å². The Bertz CT molecular complexity index is 400. The van der Waals surface area contributed by atoms with Gasteiger partial charge in [-0.2, -0.15) is 8.78 Å². The van der Waals surface area contributed by atoms with E-state index in [0.29, 0.717) is 13.0 Å². The zero-order valence-electron chi connectivity index (χ0n) is 9.79. The molecule has 0 fully saturated rings. The number of rotatable bonds is 6. The Kier molecular flexibility index (Phi) is 5.08. The molecule has 0 amide bonds. The molecule has 0 aliphatic heterocycles. The van der Waals surface area contributed by atoms with Crippen molar-refractivity contribution in [3.63, 3.8) is 0 Å². The molecule has 1 aromatic carbocycles. The van der Waals surface area contributed by atoms with Crippen molar-refractivity contribution in [1.82, 2.24) is 0 Å². The van der Waals surface area contributed by atoms with Crippen molar-refractivity contribution >= 4 is 11.4 Å². The van der Waals surface area contributed by atoms with Gasteiger partial charge in [0.05, 0.1) is 17.5 Å². The predicted molar refractivity (Wildman–Crippen MR) is 62.2 cm³/mol. The van der Waals surface area contributed by atoms with Gasteiger partial charge in [0.15, 0.2) is 11.6 Å². The molecule has 0 saturated carbocycles. The average molecular weight is 264 g/mol. The monoisotopic (exact) mass is 264 g/mol. The number of nitrogens with one attached hydrogen (secondary N) is 1. The number of aliphatic hydroxyl groups is 1. The highest BCUT2D eigenvalue weighted by Crippen LogP contribution is 2.29. The van der Waals surface area contributed by atoms with Crippen LogP contribution >= 0.6 is 0 Å². The van der Waals surface area contributed by atoms with E-state index in [1.165, 1.54) is 0 Å². The Labute approximate surface area is 103 Å². The first-order valence-electron chi connectivity index (χ1n) is 5.36. The lowest BCUT2D eigenvalue weighted by molar-refractivity contribution is -0.0521. The standard InChI is InChI=1S/C11H15F3N2O2/c1-6(17)2-3-16-9-5-10(18-11(13)14)7(12)4-8(9)15/h4-6,11,16-17H,2-3,15H2,1H3. The molecule has 0 bridgehead atoms. The van der Waals surface area contributed by atoms with Crippen molar-refractivity contribution in [2.75, 3.05) is 17.6 Å². The molecule has 4 nitrogen and oxygen atoms in total. The van der Waals surface area contributed by atoms with Crippen LogP contribution in [0.15, 0.2) is 12.1 Å². The third kappa shape index (κ3) is 4.33. The second kappa shape index (κ2) is 6.34. The van der Waals surface area contributed by atoms with Gasteiger partial charge in [-0.25, -0.2) is 4.39 Å². The molecule has 4 N–H and O–H groups in total.